The van der Waals surface area contributed by atoms with E-state index in [0.717, 1.165) is 16.7 Å². The maximum Gasteiger partial charge on any atom is 0.193 e. The Morgan fingerprint density at radius 1 is 1.33 bits per heavy atom. The second kappa shape index (κ2) is 4.38. The Balaban J connectivity index is 1.78. The van der Waals surface area contributed by atoms with E-state index in [4.69, 9.17) is 0 Å². The van der Waals surface area contributed by atoms with Crippen LogP contribution in [0.15, 0.2) is 36.0 Å². The highest BCUT2D eigenvalue weighted by atomic mass is 32.1. The normalized spacial score (nSPS) is 11.0. The third-order valence-corrected chi connectivity index (χ3v) is 3.33. The fraction of sp³-hybridized carbons (Fsp3) is 0.0833. The topological polar surface area (TPSA) is 29.3 Å². The molecule has 0 spiro atoms. The molecule has 2 aromatic heterocycles. The number of thiazole rings is 1. The Morgan fingerprint density at radius 2 is 2.22 bits per heavy atom. The lowest BCUT2D eigenvalue weighted by atomic mass is 10.3. The summed E-state index contributed by atoms with van der Waals surface area (Å²) in [5.74, 6) is -1.72. The highest BCUT2D eigenvalue weighted by Gasteiger charge is 2.08. The molecule has 0 unspecified atom stereocenters. The second-order valence-corrected chi connectivity index (χ2v) is 4.65. The summed E-state index contributed by atoms with van der Waals surface area (Å²) in [6, 6.07) is 4.05. The van der Waals surface area contributed by atoms with Crippen LogP contribution in [-0.2, 0) is 6.54 Å². The van der Waals surface area contributed by atoms with Gasteiger partial charge in [0, 0.05) is 17.8 Å². The van der Waals surface area contributed by atoms with Crippen LogP contribution in [0.5, 0.6) is 0 Å². The molecule has 0 bridgehead atoms. The first-order valence-electron chi connectivity index (χ1n) is 5.33. The van der Waals surface area contributed by atoms with E-state index in [-0.39, 0.29) is 5.69 Å². The van der Waals surface area contributed by atoms with Crippen molar-refractivity contribution in [2.75, 3.05) is 5.32 Å². The molecule has 3 nitrogen and oxygen atoms in total. The number of hydrogen-bond acceptors (Lipinski definition) is 3. The predicted molar refractivity (Wildman–Crippen MR) is 66.8 cm³/mol. The molecule has 3 rings (SSSR count). The zero-order valence-corrected chi connectivity index (χ0v) is 10.0. The van der Waals surface area contributed by atoms with Crippen LogP contribution < -0.4 is 5.32 Å². The number of rotatable bonds is 3. The molecule has 0 saturated heterocycles. The Bertz CT molecular complexity index is 661. The van der Waals surface area contributed by atoms with Crippen molar-refractivity contribution in [2.45, 2.75) is 6.54 Å². The lowest BCUT2D eigenvalue weighted by Gasteiger charge is -2.05. The average Bonchev–Trinajstić information content (AvgIpc) is 2.91. The fourth-order valence-corrected chi connectivity index (χ4v) is 2.41. The number of nitrogens with one attached hydrogen (secondary N) is 1. The van der Waals surface area contributed by atoms with Gasteiger partial charge in [-0.2, -0.15) is 0 Å². The van der Waals surface area contributed by atoms with Gasteiger partial charge in [-0.3, -0.25) is 4.40 Å². The quantitative estimate of drug-likeness (QED) is 0.787. The second-order valence-electron chi connectivity index (χ2n) is 3.78. The van der Waals surface area contributed by atoms with E-state index >= 15 is 0 Å². The molecule has 0 saturated carbocycles. The summed E-state index contributed by atoms with van der Waals surface area (Å²) in [5.41, 5.74) is 0.928. The molecule has 18 heavy (non-hydrogen) atoms. The lowest BCUT2D eigenvalue weighted by Crippen LogP contribution is -2.02. The van der Waals surface area contributed by atoms with E-state index in [9.17, 15) is 8.78 Å². The number of nitrogens with zero attached hydrogens (tertiary/aromatic N) is 2. The number of hydrogen-bond donors (Lipinski definition) is 1. The number of benzene rings is 1. The van der Waals surface area contributed by atoms with E-state index in [1.54, 1.807) is 0 Å². The number of aromatic nitrogens is 2. The summed E-state index contributed by atoms with van der Waals surface area (Å²) in [6.45, 7) is 0.356. The van der Waals surface area contributed by atoms with Crippen LogP contribution >= 0.6 is 11.3 Å². The standard InChI is InChI=1S/C12H9F2N3S/c13-9-2-1-3-10(11(9)14)15-6-8-7-17-4-5-18-12(17)16-8/h1-5,7,15H,6H2. The van der Waals surface area contributed by atoms with Gasteiger partial charge in [-0.1, -0.05) is 6.07 Å². The summed E-state index contributed by atoms with van der Waals surface area (Å²) in [4.78, 5) is 5.22. The van der Waals surface area contributed by atoms with Gasteiger partial charge >= 0.3 is 0 Å². The smallest absolute Gasteiger partial charge is 0.193 e. The molecule has 0 amide bonds. The molecule has 6 heteroatoms. The first-order valence-corrected chi connectivity index (χ1v) is 6.21. The number of imidazole rings is 1. The Hall–Kier alpha value is -1.95. The minimum Gasteiger partial charge on any atom is -0.377 e. The predicted octanol–water partition coefficient (Wildman–Crippen LogP) is 3.29. The van der Waals surface area contributed by atoms with Crippen LogP contribution in [0.1, 0.15) is 5.69 Å². The monoisotopic (exact) mass is 265 g/mol. The number of fused-ring (bicyclic) bond motifs is 1. The van der Waals surface area contributed by atoms with Crippen molar-refractivity contribution in [2.24, 2.45) is 0 Å². The van der Waals surface area contributed by atoms with Gasteiger partial charge in [0.25, 0.3) is 0 Å². The van der Waals surface area contributed by atoms with E-state index in [1.807, 2.05) is 22.2 Å². The summed E-state index contributed by atoms with van der Waals surface area (Å²) >= 11 is 1.53. The van der Waals surface area contributed by atoms with Crippen molar-refractivity contribution in [3.8, 4) is 0 Å². The van der Waals surface area contributed by atoms with Crippen molar-refractivity contribution in [1.29, 1.82) is 0 Å². The van der Waals surface area contributed by atoms with Gasteiger partial charge in [0.05, 0.1) is 17.9 Å². The molecule has 0 fully saturated rings. The first-order chi connectivity index (χ1) is 8.74. The van der Waals surface area contributed by atoms with Crippen LogP contribution in [-0.4, -0.2) is 9.38 Å². The Labute approximate surface area is 106 Å². The molecule has 3 aromatic rings. The number of anilines is 1. The van der Waals surface area contributed by atoms with Crippen LogP contribution in [0.4, 0.5) is 14.5 Å². The van der Waals surface area contributed by atoms with E-state index < -0.39 is 11.6 Å². The summed E-state index contributed by atoms with van der Waals surface area (Å²) < 4.78 is 28.3. The van der Waals surface area contributed by atoms with Crippen molar-refractivity contribution < 1.29 is 8.78 Å². The van der Waals surface area contributed by atoms with Gasteiger partial charge in [-0.25, -0.2) is 13.8 Å². The zero-order valence-electron chi connectivity index (χ0n) is 9.23. The van der Waals surface area contributed by atoms with Crippen LogP contribution in [0.2, 0.25) is 0 Å². The molecule has 2 heterocycles. The molecule has 1 N–H and O–H groups in total. The molecule has 1 aromatic carbocycles. The van der Waals surface area contributed by atoms with Crippen molar-refractivity contribution in [3.63, 3.8) is 0 Å². The van der Waals surface area contributed by atoms with Crippen LogP contribution in [0.3, 0.4) is 0 Å². The average molecular weight is 265 g/mol. The van der Waals surface area contributed by atoms with Crippen LogP contribution in [0.25, 0.3) is 4.96 Å². The summed E-state index contributed by atoms with van der Waals surface area (Å²) in [5, 5.41) is 4.77. The molecule has 0 aliphatic heterocycles. The number of halogens is 2. The molecular weight excluding hydrogens is 256 g/mol. The lowest BCUT2D eigenvalue weighted by molar-refractivity contribution is 0.511. The van der Waals surface area contributed by atoms with Gasteiger partial charge in [-0.05, 0) is 12.1 Å². The van der Waals surface area contributed by atoms with Gasteiger partial charge < -0.3 is 5.32 Å². The van der Waals surface area contributed by atoms with Gasteiger partial charge in [0.2, 0.25) is 0 Å². The molecule has 92 valence electrons. The Kier molecular flexibility index (Phi) is 2.71. The van der Waals surface area contributed by atoms with Crippen LogP contribution in [0, 0.1) is 11.6 Å². The SMILES string of the molecule is Fc1cccc(NCc2cn3ccsc3n2)c1F. The van der Waals surface area contributed by atoms with E-state index in [0.29, 0.717) is 6.54 Å². The fourth-order valence-electron chi connectivity index (χ4n) is 1.69. The van der Waals surface area contributed by atoms with Crippen molar-refractivity contribution in [1.82, 2.24) is 9.38 Å². The van der Waals surface area contributed by atoms with Gasteiger partial charge in [-0.15, -0.1) is 11.3 Å². The molecule has 0 radical (unpaired) electrons. The maximum absolute atomic E-state index is 13.4. The van der Waals surface area contributed by atoms with Crippen molar-refractivity contribution in [3.05, 3.63) is 53.3 Å². The Morgan fingerprint density at radius 3 is 3.06 bits per heavy atom. The summed E-state index contributed by atoms with van der Waals surface area (Å²) in [6.07, 6.45) is 3.76. The van der Waals surface area contributed by atoms with E-state index in [1.165, 1.54) is 23.5 Å². The molecular formula is C12H9F2N3S. The minimum atomic E-state index is -0.862. The molecule has 0 atom stereocenters. The van der Waals surface area contributed by atoms with E-state index in [2.05, 4.69) is 10.3 Å². The van der Waals surface area contributed by atoms with Crippen molar-refractivity contribution >= 4 is 22.0 Å². The largest absolute Gasteiger partial charge is 0.377 e. The highest BCUT2D eigenvalue weighted by Crippen LogP contribution is 2.18. The highest BCUT2D eigenvalue weighted by molar-refractivity contribution is 7.15. The molecule has 0 aliphatic rings. The summed E-state index contributed by atoms with van der Waals surface area (Å²) in [7, 11) is 0. The first kappa shape index (κ1) is 11.2. The molecule has 0 aliphatic carbocycles. The minimum absolute atomic E-state index is 0.145. The maximum atomic E-state index is 13.4. The van der Waals surface area contributed by atoms with Gasteiger partial charge in [0.15, 0.2) is 16.6 Å². The van der Waals surface area contributed by atoms with Gasteiger partial charge in [0.1, 0.15) is 0 Å². The third-order valence-electron chi connectivity index (χ3n) is 2.55. The zero-order chi connectivity index (χ0) is 12.5. The third kappa shape index (κ3) is 1.95.